The fraction of sp³-hybridized carbons (Fsp3) is 0.111. The molecule has 0 unspecified atom stereocenters. The number of benzene rings is 5. The quantitative estimate of drug-likeness (QED) is 0.120. The van der Waals surface area contributed by atoms with E-state index in [1.165, 1.54) is 48.5 Å². The Balaban J connectivity index is 1.32. The maximum absolute atomic E-state index is 15.1. The van der Waals surface area contributed by atoms with Crippen molar-refractivity contribution in [2.24, 2.45) is 0 Å². The molecule has 0 heterocycles. The minimum absolute atomic E-state index is 0.00304. The molecule has 0 N–H and O–H groups in total. The lowest BCUT2D eigenvalue weighted by Gasteiger charge is -2.19. The maximum atomic E-state index is 15.1. The molecule has 0 aromatic heterocycles. The first-order valence-electron chi connectivity index (χ1n) is 13.7. The largest absolute Gasteiger partial charge is 0.429 e. The second-order valence-corrected chi connectivity index (χ2v) is 10.1. The smallest absolute Gasteiger partial charge is 0.426 e. The van der Waals surface area contributed by atoms with Gasteiger partial charge in [0.15, 0.2) is 11.6 Å². The molecule has 0 amide bonds. The molecule has 44 heavy (non-hydrogen) atoms. The highest BCUT2D eigenvalue weighted by Gasteiger charge is 2.34. The predicted molar refractivity (Wildman–Crippen MR) is 157 cm³/mol. The van der Waals surface area contributed by atoms with Gasteiger partial charge in [-0.15, -0.1) is 0 Å². The standard InChI is InChI=1S/C36H25F7O/c1-2-3-4-5-22-6-11-26(12-7-22)36(42,43)44-27-13-16-30(34(40)21-27)24-9-14-28(32(38)19-24)23-8-15-29(33(39)18-23)25-10-17-31(37)35(41)20-25/h2-3,6-21H,4-5H2,1H3. The van der Waals surface area contributed by atoms with Crippen molar-refractivity contribution >= 4 is 0 Å². The minimum atomic E-state index is -3.72. The normalized spacial score (nSPS) is 11.7. The Morgan fingerprint density at radius 1 is 0.568 bits per heavy atom. The van der Waals surface area contributed by atoms with E-state index in [0.717, 1.165) is 48.4 Å². The second kappa shape index (κ2) is 12.8. The molecule has 0 radical (unpaired) electrons. The van der Waals surface area contributed by atoms with Gasteiger partial charge in [-0.25, -0.2) is 22.0 Å². The Kier molecular flexibility index (Phi) is 8.90. The van der Waals surface area contributed by atoms with Crippen molar-refractivity contribution in [1.82, 2.24) is 0 Å². The third-order valence-electron chi connectivity index (χ3n) is 7.10. The van der Waals surface area contributed by atoms with E-state index in [1.54, 1.807) is 12.1 Å². The van der Waals surface area contributed by atoms with Gasteiger partial charge in [0, 0.05) is 22.8 Å². The Morgan fingerprint density at radius 2 is 1.07 bits per heavy atom. The van der Waals surface area contributed by atoms with Crippen LogP contribution in [0, 0.1) is 29.1 Å². The zero-order valence-electron chi connectivity index (χ0n) is 23.4. The molecule has 0 spiro atoms. The van der Waals surface area contributed by atoms with E-state index in [2.05, 4.69) is 0 Å². The average molecular weight is 607 g/mol. The molecule has 0 atom stereocenters. The Bertz CT molecular complexity index is 1830. The van der Waals surface area contributed by atoms with Crippen LogP contribution in [-0.4, -0.2) is 0 Å². The number of halogens is 7. The number of hydrogen-bond donors (Lipinski definition) is 0. The van der Waals surface area contributed by atoms with Gasteiger partial charge < -0.3 is 4.74 Å². The molecule has 224 valence electrons. The second-order valence-electron chi connectivity index (χ2n) is 10.1. The lowest BCUT2D eigenvalue weighted by molar-refractivity contribution is -0.185. The van der Waals surface area contributed by atoms with E-state index in [1.807, 2.05) is 19.1 Å². The molecule has 0 bridgehead atoms. The summed E-state index contributed by atoms with van der Waals surface area (Å²) in [5, 5.41) is 0. The van der Waals surface area contributed by atoms with Crippen molar-refractivity contribution < 1.29 is 35.5 Å². The van der Waals surface area contributed by atoms with E-state index < -0.39 is 40.9 Å². The van der Waals surface area contributed by atoms with E-state index >= 15 is 8.78 Å². The van der Waals surface area contributed by atoms with Gasteiger partial charge in [0.05, 0.1) is 5.56 Å². The van der Waals surface area contributed by atoms with Crippen LogP contribution in [-0.2, 0) is 12.5 Å². The number of allylic oxidation sites excluding steroid dienone is 2. The number of rotatable bonds is 9. The lowest BCUT2D eigenvalue weighted by Crippen LogP contribution is -2.22. The summed E-state index contributed by atoms with van der Waals surface area (Å²) in [5.74, 6) is -5.09. The third-order valence-corrected chi connectivity index (χ3v) is 7.10. The van der Waals surface area contributed by atoms with Crippen molar-refractivity contribution in [2.75, 3.05) is 0 Å². The first-order chi connectivity index (χ1) is 21.1. The van der Waals surface area contributed by atoms with Crippen molar-refractivity contribution in [2.45, 2.75) is 25.9 Å². The third kappa shape index (κ3) is 6.70. The Labute approximate surface area is 249 Å². The minimum Gasteiger partial charge on any atom is -0.429 e. The van der Waals surface area contributed by atoms with Gasteiger partial charge in [-0.05, 0) is 90.6 Å². The molecule has 0 aliphatic carbocycles. The summed E-state index contributed by atoms with van der Waals surface area (Å²) in [5.41, 5.74) is 0.844. The van der Waals surface area contributed by atoms with Crippen LogP contribution in [0.5, 0.6) is 5.75 Å². The van der Waals surface area contributed by atoms with Crippen LogP contribution in [0.15, 0.2) is 109 Å². The van der Waals surface area contributed by atoms with E-state index in [-0.39, 0.29) is 38.9 Å². The fourth-order valence-corrected chi connectivity index (χ4v) is 4.78. The number of alkyl halides is 2. The molecule has 0 aliphatic rings. The van der Waals surface area contributed by atoms with Crippen LogP contribution in [0.25, 0.3) is 33.4 Å². The zero-order valence-corrected chi connectivity index (χ0v) is 23.4. The molecular formula is C36H25F7O. The predicted octanol–water partition coefficient (Wildman–Crippen LogP) is 11.0. The highest BCUT2D eigenvalue weighted by atomic mass is 19.3. The lowest BCUT2D eigenvalue weighted by atomic mass is 9.97. The van der Waals surface area contributed by atoms with Gasteiger partial charge in [0.2, 0.25) is 0 Å². The summed E-state index contributed by atoms with van der Waals surface area (Å²) in [6.07, 6.45) is 1.66. The molecule has 5 rings (SSSR count). The molecule has 0 aliphatic heterocycles. The van der Waals surface area contributed by atoms with Crippen molar-refractivity contribution in [3.05, 3.63) is 149 Å². The van der Waals surface area contributed by atoms with Gasteiger partial charge in [0.1, 0.15) is 23.2 Å². The number of hydrogen-bond acceptors (Lipinski definition) is 1. The van der Waals surface area contributed by atoms with Crippen molar-refractivity contribution in [1.29, 1.82) is 0 Å². The van der Waals surface area contributed by atoms with Crippen molar-refractivity contribution in [3.63, 3.8) is 0 Å². The summed E-state index contributed by atoms with van der Waals surface area (Å²) in [7, 11) is 0. The van der Waals surface area contributed by atoms with Crippen LogP contribution < -0.4 is 4.74 Å². The molecular weight excluding hydrogens is 581 g/mol. The van der Waals surface area contributed by atoms with Crippen LogP contribution >= 0.6 is 0 Å². The summed E-state index contributed by atoms with van der Waals surface area (Å²) < 4.78 is 106. The van der Waals surface area contributed by atoms with Gasteiger partial charge in [-0.3, -0.25) is 0 Å². The number of aryl methyl sites for hydroxylation is 1. The van der Waals surface area contributed by atoms with Gasteiger partial charge in [-0.1, -0.05) is 54.6 Å². The fourth-order valence-electron chi connectivity index (χ4n) is 4.78. The summed E-state index contributed by atoms with van der Waals surface area (Å²) in [4.78, 5) is 0. The monoisotopic (exact) mass is 606 g/mol. The van der Waals surface area contributed by atoms with Gasteiger partial charge in [-0.2, -0.15) is 8.78 Å². The molecule has 0 saturated carbocycles. The first kappa shape index (κ1) is 30.6. The maximum Gasteiger partial charge on any atom is 0.426 e. The van der Waals surface area contributed by atoms with Crippen LogP contribution in [0.1, 0.15) is 24.5 Å². The Morgan fingerprint density at radius 3 is 1.57 bits per heavy atom. The molecule has 0 saturated heterocycles. The van der Waals surface area contributed by atoms with Gasteiger partial charge in [0.25, 0.3) is 0 Å². The Hall–Kier alpha value is -4.85. The molecule has 1 nitrogen and oxygen atoms in total. The van der Waals surface area contributed by atoms with Crippen LogP contribution in [0.2, 0.25) is 0 Å². The van der Waals surface area contributed by atoms with E-state index in [0.29, 0.717) is 6.42 Å². The van der Waals surface area contributed by atoms with Crippen molar-refractivity contribution in [3.8, 4) is 39.1 Å². The molecule has 5 aromatic carbocycles. The molecule has 5 aromatic rings. The number of ether oxygens (including phenoxy) is 1. The average Bonchev–Trinajstić information content (AvgIpc) is 2.99. The molecule has 8 heteroatoms. The van der Waals surface area contributed by atoms with Crippen LogP contribution in [0.4, 0.5) is 30.7 Å². The summed E-state index contributed by atoms with van der Waals surface area (Å²) >= 11 is 0. The van der Waals surface area contributed by atoms with Gasteiger partial charge >= 0.3 is 6.11 Å². The summed E-state index contributed by atoms with van der Waals surface area (Å²) in [6.45, 7) is 1.90. The first-order valence-corrected chi connectivity index (χ1v) is 13.7. The SMILES string of the molecule is CC=CCCc1ccc(C(F)(F)Oc2ccc(-c3ccc(-c4ccc(-c5ccc(F)c(F)c5)c(F)c4)c(F)c3)c(F)c2)cc1. The highest BCUT2D eigenvalue weighted by Crippen LogP contribution is 2.36. The zero-order chi connectivity index (χ0) is 31.4. The van der Waals surface area contributed by atoms with E-state index in [9.17, 15) is 22.0 Å². The van der Waals surface area contributed by atoms with E-state index in [4.69, 9.17) is 4.74 Å². The molecule has 0 fully saturated rings. The highest BCUT2D eigenvalue weighted by molar-refractivity contribution is 5.74. The topological polar surface area (TPSA) is 9.23 Å². The van der Waals surface area contributed by atoms with Crippen LogP contribution in [0.3, 0.4) is 0 Å². The summed E-state index contributed by atoms with van der Waals surface area (Å²) in [6, 6.07) is 19.4.